The Balaban J connectivity index is 2.07. The molecule has 88 valence electrons. The SMILES string of the molecule is Cc1cc(C)nc(SCc2ccnc(Cl)c2)c1. The van der Waals surface area contributed by atoms with Crippen molar-refractivity contribution in [1.82, 2.24) is 9.97 Å². The van der Waals surface area contributed by atoms with E-state index in [2.05, 4.69) is 29.0 Å². The van der Waals surface area contributed by atoms with Crippen LogP contribution in [0.4, 0.5) is 0 Å². The Morgan fingerprint density at radius 3 is 2.76 bits per heavy atom. The van der Waals surface area contributed by atoms with Crippen molar-refractivity contribution < 1.29 is 0 Å². The summed E-state index contributed by atoms with van der Waals surface area (Å²) in [6.45, 7) is 4.10. The fraction of sp³-hybridized carbons (Fsp3) is 0.231. The van der Waals surface area contributed by atoms with Crippen molar-refractivity contribution in [1.29, 1.82) is 0 Å². The Morgan fingerprint density at radius 1 is 1.24 bits per heavy atom. The van der Waals surface area contributed by atoms with Gasteiger partial charge in [0.15, 0.2) is 0 Å². The Hall–Kier alpha value is -1.06. The third-order valence-corrected chi connectivity index (χ3v) is 3.44. The van der Waals surface area contributed by atoms with E-state index in [0.717, 1.165) is 22.0 Å². The van der Waals surface area contributed by atoms with Crippen LogP contribution in [0.2, 0.25) is 5.15 Å². The van der Waals surface area contributed by atoms with Crippen molar-refractivity contribution in [2.75, 3.05) is 0 Å². The number of pyridine rings is 2. The van der Waals surface area contributed by atoms with Crippen molar-refractivity contribution in [3.63, 3.8) is 0 Å². The van der Waals surface area contributed by atoms with E-state index < -0.39 is 0 Å². The number of aromatic nitrogens is 2. The lowest BCUT2D eigenvalue weighted by molar-refractivity contribution is 1.05. The monoisotopic (exact) mass is 264 g/mol. The van der Waals surface area contributed by atoms with Crippen LogP contribution >= 0.6 is 23.4 Å². The maximum atomic E-state index is 5.84. The highest BCUT2D eigenvalue weighted by Gasteiger charge is 2.01. The molecule has 2 heterocycles. The van der Waals surface area contributed by atoms with Gasteiger partial charge in [-0.2, -0.15) is 0 Å². The van der Waals surface area contributed by atoms with Crippen LogP contribution in [0, 0.1) is 13.8 Å². The van der Waals surface area contributed by atoms with Gasteiger partial charge in [0, 0.05) is 17.6 Å². The van der Waals surface area contributed by atoms with Crippen LogP contribution in [-0.2, 0) is 5.75 Å². The normalized spacial score (nSPS) is 10.5. The topological polar surface area (TPSA) is 25.8 Å². The number of hydrogen-bond acceptors (Lipinski definition) is 3. The second-order valence-corrected chi connectivity index (χ2v) is 5.28. The molecule has 0 aliphatic rings. The van der Waals surface area contributed by atoms with E-state index in [1.54, 1.807) is 18.0 Å². The van der Waals surface area contributed by atoms with Gasteiger partial charge in [0.25, 0.3) is 0 Å². The predicted molar refractivity (Wildman–Crippen MR) is 72.5 cm³/mol. The fourth-order valence-corrected chi connectivity index (χ4v) is 2.74. The van der Waals surface area contributed by atoms with Gasteiger partial charge in [-0.25, -0.2) is 9.97 Å². The zero-order chi connectivity index (χ0) is 12.3. The molecule has 2 nitrogen and oxygen atoms in total. The zero-order valence-corrected chi connectivity index (χ0v) is 11.3. The molecule has 0 atom stereocenters. The van der Waals surface area contributed by atoms with E-state index in [1.807, 2.05) is 19.1 Å². The van der Waals surface area contributed by atoms with Crippen LogP contribution in [-0.4, -0.2) is 9.97 Å². The summed E-state index contributed by atoms with van der Waals surface area (Å²) < 4.78 is 0. The second kappa shape index (κ2) is 5.52. The summed E-state index contributed by atoms with van der Waals surface area (Å²) in [7, 11) is 0. The van der Waals surface area contributed by atoms with E-state index in [4.69, 9.17) is 11.6 Å². The second-order valence-electron chi connectivity index (χ2n) is 3.90. The van der Waals surface area contributed by atoms with Crippen molar-refractivity contribution in [3.05, 3.63) is 52.4 Å². The molecular weight excluding hydrogens is 252 g/mol. The molecule has 0 N–H and O–H groups in total. The molecule has 0 bridgehead atoms. The average Bonchev–Trinajstić information content (AvgIpc) is 2.25. The molecule has 4 heteroatoms. The van der Waals surface area contributed by atoms with Crippen LogP contribution in [0.25, 0.3) is 0 Å². The number of nitrogens with zero attached hydrogens (tertiary/aromatic N) is 2. The molecule has 2 aromatic heterocycles. The number of halogens is 1. The average molecular weight is 265 g/mol. The van der Waals surface area contributed by atoms with Crippen molar-refractivity contribution in [2.45, 2.75) is 24.6 Å². The minimum Gasteiger partial charge on any atom is -0.247 e. The third kappa shape index (κ3) is 3.72. The standard InChI is InChI=1S/C13H13ClN2S/c1-9-5-10(2)16-13(6-9)17-8-11-3-4-15-12(14)7-11/h3-7H,8H2,1-2H3. The molecule has 0 aromatic carbocycles. The zero-order valence-electron chi connectivity index (χ0n) is 9.77. The maximum Gasteiger partial charge on any atom is 0.129 e. The third-order valence-electron chi connectivity index (χ3n) is 2.25. The summed E-state index contributed by atoms with van der Waals surface area (Å²) in [5.74, 6) is 0.859. The van der Waals surface area contributed by atoms with E-state index in [9.17, 15) is 0 Å². The van der Waals surface area contributed by atoms with Crippen molar-refractivity contribution >= 4 is 23.4 Å². The molecule has 0 amide bonds. The van der Waals surface area contributed by atoms with Crippen molar-refractivity contribution in [2.24, 2.45) is 0 Å². The highest BCUT2D eigenvalue weighted by atomic mass is 35.5. The molecule has 17 heavy (non-hydrogen) atoms. The quantitative estimate of drug-likeness (QED) is 0.618. The first-order valence-electron chi connectivity index (χ1n) is 5.32. The highest BCUT2D eigenvalue weighted by Crippen LogP contribution is 2.22. The molecule has 2 aromatic rings. The summed E-state index contributed by atoms with van der Waals surface area (Å²) in [5.41, 5.74) is 3.46. The number of hydrogen-bond donors (Lipinski definition) is 0. The minimum absolute atomic E-state index is 0.538. The number of thioether (sulfide) groups is 1. The molecule has 2 rings (SSSR count). The molecule has 0 unspecified atom stereocenters. The first kappa shape index (κ1) is 12.4. The molecule has 0 aliphatic heterocycles. The smallest absolute Gasteiger partial charge is 0.129 e. The lowest BCUT2D eigenvalue weighted by Gasteiger charge is -2.04. The first-order chi connectivity index (χ1) is 8.13. The summed E-state index contributed by atoms with van der Waals surface area (Å²) >= 11 is 7.55. The maximum absolute atomic E-state index is 5.84. The molecular formula is C13H13ClN2S. The Bertz CT molecular complexity index is 508. The summed E-state index contributed by atoms with van der Waals surface area (Å²) in [4.78, 5) is 8.45. The Kier molecular flexibility index (Phi) is 4.02. The van der Waals surface area contributed by atoms with E-state index in [0.29, 0.717) is 5.15 Å². The molecule has 0 spiro atoms. The van der Waals surface area contributed by atoms with Gasteiger partial charge in [0.05, 0.1) is 5.03 Å². The predicted octanol–water partition coefficient (Wildman–Crippen LogP) is 4.04. The lowest BCUT2D eigenvalue weighted by atomic mass is 10.3. The van der Waals surface area contributed by atoms with Gasteiger partial charge in [0.2, 0.25) is 0 Å². The lowest BCUT2D eigenvalue weighted by Crippen LogP contribution is -1.88. The summed E-state index contributed by atoms with van der Waals surface area (Å²) in [6, 6.07) is 8.03. The summed E-state index contributed by atoms with van der Waals surface area (Å²) in [6.07, 6.45) is 1.73. The van der Waals surface area contributed by atoms with Gasteiger partial charge in [-0.15, -0.1) is 11.8 Å². The van der Waals surface area contributed by atoms with Gasteiger partial charge >= 0.3 is 0 Å². The van der Waals surface area contributed by atoms with Crippen molar-refractivity contribution in [3.8, 4) is 0 Å². The van der Waals surface area contributed by atoms with Gasteiger partial charge in [-0.05, 0) is 49.2 Å². The molecule has 0 aliphatic carbocycles. The van der Waals surface area contributed by atoms with E-state index >= 15 is 0 Å². The highest BCUT2D eigenvalue weighted by molar-refractivity contribution is 7.98. The van der Waals surface area contributed by atoms with Crippen LogP contribution in [0.3, 0.4) is 0 Å². The van der Waals surface area contributed by atoms with Crippen LogP contribution in [0.15, 0.2) is 35.5 Å². The van der Waals surface area contributed by atoms with Crippen LogP contribution in [0.1, 0.15) is 16.8 Å². The molecule has 0 fully saturated rings. The van der Waals surface area contributed by atoms with E-state index in [1.165, 1.54) is 5.56 Å². The van der Waals surface area contributed by atoms with Gasteiger partial charge in [-0.1, -0.05) is 11.6 Å². The van der Waals surface area contributed by atoms with Gasteiger partial charge in [-0.3, -0.25) is 0 Å². The largest absolute Gasteiger partial charge is 0.247 e. The van der Waals surface area contributed by atoms with E-state index in [-0.39, 0.29) is 0 Å². The first-order valence-corrected chi connectivity index (χ1v) is 6.68. The Labute approximate surface area is 110 Å². The minimum atomic E-state index is 0.538. The van der Waals surface area contributed by atoms with Gasteiger partial charge in [0.1, 0.15) is 5.15 Å². The Morgan fingerprint density at radius 2 is 2.06 bits per heavy atom. The fourth-order valence-electron chi connectivity index (χ4n) is 1.57. The van der Waals surface area contributed by atoms with Crippen LogP contribution < -0.4 is 0 Å². The summed E-state index contributed by atoms with van der Waals surface area (Å²) in [5, 5.41) is 1.59. The molecule has 0 radical (unpaired) electrons. The molecule has 0 saturated heterocycles. The number of aryl methyl sites for hydroxylation is 2. The van der Waals surface area contributed by atoms with Crippen LogP contribution in [0.5, 0.6) is 0 Å². The number of rotatable bonds is 3. The molecule has 0 saturated carbocycles. The van der Waals surface area contributed by atoms with Gasteiger partial charge < -0.3 is 0 Å².